The average molecular weight is 363 g/mol. The Morgan fingerprint density at radius 2 is 1.80 bits per heavy atom. The van der Waals surface area contributed by atoms with Gasteiger partial charge in [0.15, 0.2) is 0 Å². The maximum atomic E-state index is 12.5. The summed E-state index contributed by atoms with van der Waals surface area (Å²) in [5.74, 6) is -3.46. The van der Waals surface area contributed by atoms with Crippen molar-refractivity contribution in [2.24, 2.45) is 0 Å². The summed E-state index contributed by atoms with van der Waals surface area (Å²) in [6, 6.07) is 12.8. The summed E-state index contributed by atoms with van der Waals surface area (Å²) in [4.78, 5) is 23.6. The Hall–Kier alpha value is -2.67. The third-order valence-corrected chi connectivity index (χ3v) is 3.91. The molecule has 0 saturated carbocycles. The third-order valence-electron chi connectivity index (χ3n) is 3.12. The molecule has 4 nitrogen and oxygen atoms in total. The number of methoxy groups -OCH3 is 1. The van der Waals surface area contributed by atoms with E-state index in [1.54, 1.807) is 48.5 Å². The van der Waals surface area contributed by atoms with Crippen molar-refractivity contribution in [2.75, 3.05) is 12.4 Å². The topological polar surface area (TPSA) is 55.4 Å². The Balaban J connectivity index is 2.03. The molecule has 2 rings (SSSR count). The number of thioether (sulfide) groups is 1. The van der Waals surface area contributed by atoms with Crippen molar-refractivity contribution in [1.82, 2.24) is 0 Å². The highest BCUT2D eigenvalue weighted by atomic mass is 32.2. The molecule has 2 aromatic rings. The van der Waals surface area contributed by atoms with E-state index in [4.69, 9.17) is 0 Å². The summed E-state index contributed by atoms with van der Waals surface area (Å²) in [6.45, 7) is 0. The van der Waals surface area contributed by atoms with Gasteiger partial charge in [-0.2, -0.15) is 8.78 Å². The Bertz CT molecular complexity index is 776. The predicted molar refractivity (Wildman–Crippen MR) is 93.7 cm³/mol. The second kappa shape index (κ2) is 8.98. The van der Waals surface area contributed by atoms with Crippen LogP contribution in [0.3, 0.4) is 0 Å². The van der Waals surface area contributed by atoms with Crippen LogP contribution in [0, 0.1) is 0 Å². The summed E-state index contributed by atoms with van der Waals surface area (Å²) in [7, 11) is 1.30. The van der Waals surface area contributed by atoms with Crippen molar-refractivity contribution in [3.8, 4) is 0 Å². The highest BCUT2D eigenvalue weighted by molar-refractivity contribution is 7.99. The first kappa shape index (κ1) is 18.7. The zero-order valence-electron chi connectivity index (χ0n) is 13.2. The number of carbonyl (C=O) groups is 2. The van der Waals surface area contributed by atoms with Crippen LogP contribution in [0.4, 0.5) is 14.5 Å². The van der Waals surface area contributed by atoms with Crippen molar-refractivity contribution in [2.45, 2.75) is 10.7 Å². The molecule has 25 heavy (non-hydrogen) atoms. The molecule has 0 heterocycles. The fourth-order valence-electron chi connectivity index (χ4n) is 1.96. The number of ether oxygens (including phenoxy) is 1. The van der Waals surface area contributed by atoms with E-state index in [0.717, 1.165) is 0 Å². The number of alkyl halides is 2. The first-order valence-corrected chi connectivity index (χ1v) is 8.09. The van der Waals surface area contributed by atoms with E-state index in [1.807, 2.05) is 0 Å². The molecule has 130 valence electrons. The largest absolute Gasteiger partial charge is 0.465 e. The summed E-state index contributed by atoms with van der Waals surface area (Å²) >= 11 is 0.372. The van der Waals surface area contributed by atoms with Crippen LogP contribution >= 0.6 is 11.8 Å². The highest BCUT2D eigenvalue weighted by Gasteiger charge is 2.10. The fourth-order valence-corrected chi connectivity index (χ4v) is 2.56. The molecule has 1 N–H and O–H groups in total. The van der Waals surface area contributed by atoms with E-state index in [9.17, 15) is 18.4 Å². The monoisotopic (exact) mass is 363 g/mol. The fraction of sp³-hybridized carbons (Fsp3) is 0.111. The van der Waals surface area contributed by atoms with Crippen LogP contribution in [0.2, 0.25) is 0 Å². The zero-order chi connectivity index (χ0) is 18.2. The zero-order valence-corrected chi connectivity index (χ0v) is 14.1. The summed E-state index contributed by atoms with van der Waals surface area (Å²) in [5, 5.41) is 2.57. The van der Waals surface area contributed by atoms with Gasteiger partial charge in [0.1, 0.15) is 0 Å². The van der Waals surface area contributed by atoms with Crippen LogP contribution in [0.15, 0.2) is 59.5 Å². The first-order valence-electron chi connectivity index (χ1n) is 7.21. The Morgan fingerprint density at radius 3 is 2.44 bits per heavy atom. The minimum Gasteiger partial charge on any atom is -0.465 e. The van der Waals surface area contributed by atoms with E-state index in [0.29, 0.717) is 33.5 Å². The second-order valence-electron chi connectivity index (χ2n) is 4.81. The number of esters is 1. The number of para-hydroxylation sites is 1. The van der Waals surface area contributed by atoms with Gasteiger partial charge in [-0.3, -0.25) is 4.79 Å². The number of rotatable bonds is 6. The average Bonchev–Trinajstić information content (AvgIpc) is 2.61. The predicted octanol–water partition coefficient (Wildman–Crippen LogP) is 4.44. The smallest absolute Gasteiger partial charge is 0.337 e. The van der Waals surface area contributed by atoms with Crippen molar-refractivity contribution in [1.29, 1.82) is 0 Å². The van der Waals surface area contributed by atoms with Gasteiger partial charge < -0.3 is 10.1 Å². The van der Waals surface area contributed by atoms with Crippen molar-refractivity contribution < 1.29 is 23.1 Å². The lowest BCUT2D eigenvalue weighted by atomic mass is 10.1. The summed E-state index contributed by atoms with van der Waals surface area (Å²) in [6.07, 6.45) is 2.84. The first-order chi connectivity index (χ1) is 12.0. The lowest BCUT2D eigenvalue weighted by Crippen LogP contribution is -2.08. The van der Waals surface area contributed by atoms with Crippen LogP contribution < -0.4 is 5.32 Å². The molecule has 0 aliphatic heterocycles. The molecular formula is C18H15F2NO3S. The van der Waals surface area contributed by atoms with Crippen LogP contribution in [-0.4, -0.2) is 24.7 Å². The lowest BCUT2D eigenvalue weighted by molar-refractivity contribution is -0.111. The third kappa shape index (κ3) is 5.72. The van der Waals surface area contributed by atoms with Gasteiger partial charge in [0.25, 0.3) is 5.76 Å². The van der Waals surface area contributed by atoms with Gasteiger partial charge in [-0.15, -0.1) is 0 Å². The minimum absolute atomic E-state index is 0.293. The number of carbonyl (C=O) groups excluding carboxylic acids is 2. The van der Waals surface area contributed by atoms with Crippen LogP contribution in [-0.2, 0) is 9.53 Å². The molecule has 7 heteroatoms. The van der Waals surface area contributed by atoms with Crippen molar-refractivity contribution >= 4 is 35.4 Å². The molecule has 0 aliphatic carbocycles. The highest BCUT2D eigenvalue weighted by Crippen LogP contribution is 2.31. The minimum atomic E-state index is -2.57. The Labute approximate surface area is 147 Å². The molecule has 0 atom stereocenters. The maximum absolute atomic E-state index is 12.5. The molecule has 0 bridgehead atoms. The molecule has 0 radical (unpaired) electrons. The molecule has 0 aromatic heterocycles. The van der Waals surface area contributed by atoms with E-state index >= 15 is 0 Å². The number of hydrogen-bond acceptors (Lipinski definition) is 4. The van der Waals surface area contributed by atoms with Gasteiger partial charge >= 0.3 is 5.97 Å². The van der Waals surface area contributed by atoms with E-state index in [2.05, 4.69) is 10.1 Å². The van der Waals surface area contributed by atoms with Crippen molar-refractivity contribution in [3.05, 3.63) is 65.7 Å². The standard InChI is InChI=1S/C18H15F2NO3S/c1-24-17(23)13-9-6-12(7-10-13)8-11-16(22)21-14-4-2-3-5-15(14)25-18(19)20/h2-11,18H,1H3,(H,21,22)/b11-8+. The lowest BCUT2D eigenvalue weighted by Gasteiger charge is -2.08. The molecule has 0 spiro atoms. The molecule has 0 fully saturated rings. The maximum Gasteiger partial charge on any atom is 0.337 e. The molecular weight excluding hydrogens is 348 g/mol. The Kier molecular flexibility index (Phi) is 6.71. The van der Waals surface area contributed by atoms with Crippen LogP contribution in [0.1, 0.15) is 15.9 Å². The number of nitrogens with one attached hydrogen (secondary N) is 1. The molecule has 0 saturated heterocycles. The van der Waals surface area contributed by atoms with E-state index in [1.165, 1.54) is 19.3 Å². The van der Waals surface area contributed by atoms with Gasteiger partial charge in [0.2, 0.25) is 5.91 Å². The van der Waals surface area contributed by atoms with Crippen LogP contribution in [0.25, 0.3) is 6.08 Å². The number of benzene rings is 2. The SMILES string of the molecule is COC(=O)c1ccc(/C=C/C(=O)Nc2ccccc2SC(F)F)cc1. The van der Waals surface area contributed by atoms with Gasteiger partial charge in [-0.25, -0.2) is 4.79 Å². The summed E-state index contributed by atoms with van der Waals surface area (Å²) in [5.41, 5.74) is 1.43. The normalized spacial score (nSPS) is 10.9. The Morgan fingerprint density at radius 1 is 1.12 bits per heavy atom. The molecule has 0 aliphatic rings. The summed E-state index contributed by atoms with van der Waals surface area (Å²) < 4.78 is 29.7. The van der Waals surface area contributed by atoms with Gasteiger partial charge in [-0.1, -0.05) is 36.0 Å². The van der Waals surface area contributed by atoms with E-state index < -0.39 is 17.6 Å². The second-order valence-corrected chi connectivity index (χ2v) is 5.84. The molecule has 2 aromatic carbocycles. The van der Waals surface area contributed by atoms with Gasteiger partial charge in [-0.05, 0) is 35.9 Å². The number of anilines is 1. The number of halogens is 2. The van der Waals surface area contributed by atoms with Gasteiger partial charge in [0, 0.05) is 11.0 Å². The van der Waals surface area contributed by atoms with E-state index in [-0.39, 0.29) is 0 Å². The molecule has 1 amide bonds. The van der Waals surface area contributed by atoms with Gasteiger partial charge in [0.05, 0.1) is 18.4 Å². The molecule has 0 unspecified atom stereocenters. The number of hydrogen-bond donors (Lipinski definition) is 1. The number of amides is 1. The van der Waals surface area contributed by atoms with Crippen LogP contribution in [0.5, 0.6) is 0 Å². The van der Waals surface area contributed by atoms with Crippen molar-refractivity contribution in [3.63, 3.8) is 0 Å². The quantitative estimate of drug-likeness (QED) is 0.468.